The summed E-state index contributed by atoms with van der Waals surface area (Å²) in [6.07, 6.45) is 2.85. The van der Waals surface area contributed by atoms with Crippen LogP contribution >= 0.6 is 15.9 Å². The normalized spacial score (nSPS) is 10.7. The van der Waals surface area contributed by atoms with Crippen molar-refractivity contribution in [1.29, 1.82) is 0 Å². The smallest absolute Gasteiger partial charge is 0.152 e. The molecule has 1 aromatic carbocycles. The van der Waals surface area contributed by atoms with Crippen molar-refractivity contribution in [2.75, 3.05) is 18.1 Å². The van der Waals surface area contributed by atoms with Crippen LogP contribution < -0.4 is 4.90 Å². The maximum atomic E-state index is 11.2. The minimum absolute atomic E-state index is 0.0882. The second-order valence-electron chi connectivity index (χ2n) is 4.21. The number of hydrogen-bond donors (Lipinski definition) is 1. The van der Waals surface area contributed by atoms with Crippen molar-refractivity contribution >= 4 is 27.9 Å². The molecule has 0 radical (unpaired) electrons. The Labute approximate surface area is 117 Å². The quantitative estimate of drug-likeness (QED) is 0.786. The standard InChI is InChI=1S/C14H20BrNO2/c1-3-13(4-2)16(7-8-17)14-6-5-12(15)9-11(14)10-18/h5-6,9-10,13,17H,3-4,7-8H2,1-2H3. The van der Waals surface area contributed by atoms with Crippen LogP contribution in [0.3, 0.4) is 0 Å². The summed E-state index contributed by atoms with van der Waals surface area (Å²) >= 11 is 3.37. The molecule has 18 heavy (non-hydrogen) atoms. The van der Waals surface area contributed by atoms with Gasteiger partial charge in [0.2, 0.25) is 0 Å². The Balaban J connectivity index is 3.15. The van der Waals surface area contributed by atoms with E-state index in [2.05, 4.69) is 34.7 Å². The van der Waals surface area contributed by atoms with E-state index < -0.39 is 0 Å². The van der Waals surface area contributed by atoms with Gasteiger partial charge in [-0.05, 0) is 31.0 Å². The van der Waals surface area contributed by atoms with Gasteiger partial charge in [-0.3, -0.25) is 4.79 Å². The highest BCUT2D eigenvalue weighted by molar-refractivity contribution is 9.10. The zero-order valence-electron chi connectivity index (χ0n) is 10.9. The lowest BCUT2D eigenvalue weighted by molar-refractivity contribution is 0.112. The molecule has 1 rings (SSSR count). The molecule has 0 atom stereocenters. The minimum Gasteiger partial charge on any atom is -0.395 e. The molecular weight excluding hydrogens is 294 g/mol. The van der Waals surface area contributed by atoms with Crippen LogP contribution in [0, 0.1) is 0 Å². The molecule has 0 spiro atoms. The highest BCUT2D eigenvalue weighted by Crippen LogP contribution is 2.26. The van der Waals surface area contributed by atoms with E-state index in [4.69, 9.17) is 0 Å². The summed E-state index contributed by atoms with van der Waals surface area (Å²) in [6.45, 7) is 4.88. The number of anilines is 1. The molecule has 0 aliphatic carbocycles. The maximum absolute atomic E-state index is 11.2. The second-order valence-corrected chi connectivity index (χ2v) is 5.12. The van der Waals surface area contributed by atoms with Crippen molar-refractivity contribution in [1.82, 2.24) is 0 Å². The van der Waals surface area contributed by atoms with E-state index >= 15 is 0 Å². The summed E-state index contributed by atoms with van der Waals surface area (Å²) < 4.78 is 0.891. The van der Waals surface area contributed by atoms with Crippen molar-refractivity contribution in [3.05, 3.63) is 28.2 Å². The van der Waals surface area contributed by atoms with Gasteiger partial charge in [0.05, 0.1) is 6.61 Å². The summed E-state index contributed by atoms with van der Waals surface area (Å²) in [5.74, 6) is 0. The van der Waals surface area contributed by atoms with Crippen LogP contribution in [-0.4, -0.2) is 30.6 Å². The molecule has 0 aliphatic rings. The fraction of sp³-hybridized carbons (Fsp3) is 0.500. The van der Waals surface area contributed by atoms with E-state index in [0.717, 1.165) is 29.3 Å². The largest absolute Gasteiger partial charge is 0.395 e. The van der Waals surface area contributed by atoms with Crippen molar-refractivity contribution in [2.45, 2.75) is 32.7 Å². The van der Waals surface area contributed by atoms with Gasteiger partial charge in [0.25, 0.3) is 0 Å². The first-order chi connectivity index (χ1) is 8.67. The van der Waals surface area contributed by atoms with Crippen molar-refractivity contribution in [3.8, 4) is 0 Å². The van der Waals surface area contributed by atoms with Crippen LogP contribution in [-0.2, 0) is 0 Å². The Hall–Kier alpha value is -0.870. The van der Waals surface area contributed by atoms with E-state index in [9.17, 15) is 9.90 Å². The van der Waals surface area contributed by atoms with Crippen LogP contribution in [0.25, 0.3) is 0 Å². The van der Waals surface area contributed by atoms with Gasteiger partial charge in [0, 0.05) is 28.3 Å². The Morgan fingerprint density at radius 2 is 2.06 bits per heavy atom. The van der Waals surface area contributed by atoms with Crippen molar-refractivity contribution in [2.24, 2.45) is 0 Å². The van der Waals surface area contributed by atoms with Crippen LogP contribution in [0.1, 0.15) is 37.0 Å². The molecule has 0 aliphatic heterocycles. The average molecular weight is 314 g/mol. The molecule has 3 nitrogen and oxygen atoms in total. The fourth-order valence-electron chi connectivity index (χ4n) is 2.22. The van der Waals surface area contributed by atoms with Gasteiger partial charge < -0.3 is 10.0 Å². The van der Waals surface area contributed by atoms with E-state index in [1.54, 1.807) is 0 Å². The highest BCUT2D eigenvalue weighted by atomic mass is 79.9. The number of aliphatic hydroxyl groups is 1. The van der Waals surface area contributed by atoms with E-state index in [-0.39, 0.29) is 6.61 Å². The summed E-state index contributed by atoms with van der Waals surface area (Å²) in [5, 5.41) is 9.22. The van der Waals surface area contributed by atoms with Crippen LogP contribution in [0.15, 0.2) is 22.7 Å². The molecular formula is C14H20BrNO2. The summed E-state index contributed by atoms with van der Waals surface area (Å²) in [4.78, 5) is 13.3. The van der Waals surface area contributed by atoms with Crippen LogP contribution in [0.4, 0.5) is 5.69 Å². The monoisotopic (exact) mass is 313 g/mol. The first kappa shape index (κ1) is 15.2. The molecule has 4 heteroatoms. The number of carbonyl (C=O) groups is 1. The van der Waals surface area contributed by atoms with Crippen LogP contribution in [0.5, 0.6) is 0 Å². The van der Waals surface area contributed by atoms with E-state index in [1.165, 1.54) is 0 Å². The Morgan fingerprint density at radius 3 is 2.56 bits per heavy atom. The number of benzene rings is 1. The zero-order chi connectivity index (χ0) is 13.5. The SMILES string of the molecule is CCC(CC)N(CCO)c1ccc(Br)cc1C=O. The van der Waals surface area contributed by atoms with Gasteiger partial charge in [-0.1, -0.05) is 29.8 Å². The Bertz CT molecular complexity index is 391. The molecule has 100 valence electrons. The zero-order valence-corrected chi connectivity index (χ0v) is 12.5. The van der Waals surface area contributed by atoms with Crippen molar-refractivity contribution < 1.29 is 9.90 Å². The average Bonchev–Trinajstić information content (AvgIpc) is 2.39. The van der Waals surface area contributed by atoms with Gasteiger partial charge in [-0.2, -0.15) is 0 Å². The number of nitrogens with zero attached hydrogens (tertiary/aromatic N) is 1. The molecule has 0 saturated carbocycles. The lowest BCUT2D eigenvalue weighted by atomic mass is 10.1. The summed E-state index contributed by atoms with van der Waals surface area (Å²) in [6, 6.07) is 6.02. The molecule has 0 unspecified atom stereocenters. The van der Waals surface area contributed by atoms with Gasteiger partial charge in [0.15, 0.2) is 6.29 Å². The second kappa shape index (κ2) is 7.54. The summed E-state index contributed by atoms with van der Waals surface area (Å²) in [5.41, 5.74) is 1.56. The van der Waals surface area contributed by atoms with E-state index in [0.29, 0.717) is 18.2 Å². The highest BCUT2D eigenvalue weighted by Gasteiger charge is 2.18. The minimum atomic E-state index is 0.0882. The molecule has 0 heterocycles. The number of halogens is 1. The number of aliphatic hydroxyl groups excluding tert-OH is 1. The first-order valence-electron chi connectivity index (χ1n) is 6.30. The molecule has 0 bridgehead atoms. The molecule has 1 aromatic rings. The Morgan fingerprint density at radius 1 is 1.39 bits per heavy atom. The van der Waals surface area contributed by atoms with Gasteiger partial charge >= 0.3 is 0 Å². The first-order valence-corrected chi connectivity index (χ1v) is 7.09. The lowest BCUT2D eigenvalue weighted by Gasteiger charge is -2.33. The third-order valence-electron chi connectivity index (χ3n) is 3.15. The number of aldehydes is 1. The molecule has 1 N–H and O–H groups in total. The predicted molar refractivity (Wildman–Crippen MR) is 78.3 cm³/mol. The van der Waals surface area contributed by atoms with Crippen molar-refractivity contribution in [3.63, 3.8) is 0 Å². The number of rotatable bonds is 7. The third kappa shape index (κ3) is 3.56. The van der Waals surface area contributed by atoms with Gasteiger partial charge in [-0.25, -0.2) is 0 Å². The molecule has 0 fully saturated rings. The molecule has 0 amide bonds. The molecule has 0 saturated heterocycles. The van der Waals surface area contributed by atoms with Gasteiger partial charge in [0.1, 0.15) is 0 Å². The van der Waals surface area contributed by atoms with Gasteiger partial charge in [-0.15, -0.1) is 0 Å². The number of carbonyl (C=O) groups excluding carboxylic acids is 1. The number of hydrogen-bond acceptors (Lipinski definition) is 3. The Kier molecular flexibility index (Phi) is 6.36. The summed E-state index contributed by atoms with van der Waals surface area (Å²) in [7, 11) is 0. The van der Waals surface area contributed by atoms with E-state index in [1.807, 2.05) is 18.2 Å². The fourth-order valence-corrected chi connectivity index (χ4v) is 2.60. The topological polar surface area (TPSA) is 40.5 Å². The third-order valence-corrected chi connectivity index (χ3v) is 3.64. The maximum Gasteiger partial charge on any atom is 0.152 e. The lowest BCUT2D eigenvalue weighted by Crippen LogP contribution is -2.37. The predicted octanol–water partition coefficient (Wildman–Crippen LogP) is 3.25. The van der Waals surface area contributed by atoms with Crippen LogP contribution in [0.2, 0.25) is 0 Å². The molecule has 0 aromatic heterocycles.